The van der Waals surface area contributed by atoms with E-state index in [1.165, 1.54) is 6.08 Å². The molecule has 2 N–H and O–H groups in total. The third-order valence-electron chi connectivity index (χ3n) is 8.15. The summed E-state index contributed by atoms with van der Waals surface area (Å²) in [6.07, 6.45) is 2.86. The molecular formula is C30H36F2N4O6. The van der Waals surface area contributed by atoms with E-state index in [0.717, 1.165) is 17.7 Å². The number of amides is 2. The van der Waals surface area contributed by atoms with E-state index in [0.29, 0.717) is 18.0 Å². The third-order valence-corrected chi connectivity index (χ3v) is 8.15. The van der Waals surface area contributed by atoms with Crippen molar-refractivity contribution in [1.29, 1.82) is 0 Å². The van der Waals surface area contributed by atoms with E-state index in [4.69, 9.17) is 9.47 Å². The molecule has 2 bridgehead atoms. The standard InChI is InChI=1S/C30H36F2N4O6/c1-29(2,3)25-27(38)36-16-18(15-21(36)28(39)40)42-26-24(33-19-9-4-5-10-20(19)34-26)30(31,32)12-7-13-41-22-11-6-8-17(22)14-23(37)35-25/h4-5,7,9-10,12,17-18,21-22,25H,6,8,11,13-16H2,1-3H3,(H,35,37)(H,39,40)/b12-7+/t17-,18+,21-,22+,25+/m0/s1. The Morgan fingerprint density at radius 1 is 1.14 bits per heavy atom. The van der Waals surface area contributed by atoms with Crippen LogP contribution in [0.5, 0.6) is 5.88 Å². The molecule has 3 aliphatic rings. The van der Waals surface area contributed by atoms with Gasteiger partial charge >= 0.3 is 11.9 Å². The number of aromatic nitrogens is 2. The van der Waals surface area contributed by atoms with Crippen LogP contribution in [0, 0.1) is 11.3 Å². The van der Waals surface area contributed by atoms with Crippen LogP contribution < -0.4 is 10.1 Å². The fourth-order valence-corrected chi connectivity index (χ4v) is 5.98. The fraction of sp³-hybridized carbons (Fsp3) is 0.567. The summed E-state index contributed by atoms with van der Waals surface area (Å²) in [5.41, 5.74) is -0.889. The molecule has 42 heavy (non-hydrogen) atoms. The number of hydrogen-bond acceptors (Lipinski definition) is 7. The lowest BCUT2D eigenvalue weighted by Crippen LogP contribution is -2.57. The molecule has 1 saturated heterocycles. The highest BCUT2D eigenvalue weighted by Crippen LogP contribution is 2.37. The van der Waals surface area contributed by atoms with Gasteiger partial charge in [0, 0.05) is 12.8 Å². The number of nitrogens with one attached hydrogen (secondary N) is 1. The predicted molar refractivity (Wildman–Crippen MR) is 148 cm³/mol. The van der Waals surface area contributed by atoms with Crippen molar-refractivity contribution in [2.75, 3.05) is 13.2 Å². The highest BCUT2D eigenvalue weighted by Gasteiger charge is 2.47. The Morgan fingerprint density at radius 2 is 1.86 bits per heavy atom. The number of fused-ring (bicyclic) bond motifs is 5. The number of nitrogens with zero attached hydrogens (tertiary/aromatic N) is 3. The van der Waals surface area contributed by atoms with E-state index in [2.05, 4.69) is 15.3 Å². The van der Waals surface area contributed by atoms with Crippen molar-refractivity contribution in [2.24, 2.45) is 11.3 Å². The number of aliphatic carboxylic acids is 1. The molecular weight excluding hydrogens is 550 g/mol. The van der Waals surface area contributed by atoms with Gasteiger partial charge in [-0.05, 0) is 42.4 Å². The van der Waals surface area contributed by atoms with Crippen molar-refractivity contribution in [2.45, 2.75) is 83.1 Å². The minimum absolute atomic E-state index is 0.0868. The quantitative estimate of drug-likeness (QED) is 0.482. The maximum atomic E-state index is 15.6. The third kappa shape index (κ3) is 6.23. The zero-order valence-electron chi connectivity index (χ0n) is 23.9. The number of carboxylic acids is 1. The van der Waals surface area contributed by atoms with Gasteiger partial charge in [-0.25, -0.2) is 14.8 Å². The minimum Gasteiger partial charge on any atom is -0.480 e. The second-order valence-corrected chi connectivity index (χ2v) is 12.3. The van der Waals surface area contributed by atoms with Gasteiger partial charge in [-0.15, -0.1) is 0 Å². The first kappa shape index (κ1) is 29.8. The molecule has 1 aromatic heterocycles. The molecule has 2 aromatic rings. The van der Waals surface area contributed by atoms with Crippen LogP contribution in [0.1, 0.15) is 58.6 Å². The van der Waals surface area contributed by atoms with Crippen LogP contribution in [0.15, 0.2) is 36.4 Å². The number of carbonyl (C=O) groups is 3. The molecule has 2 aliphatic heterocycles. The van der Waals surface area contributed by atoms with Gasteiger partial charge in [0.2, 0.25) is 17.7 Å². The van der Waals surface area contributed by atoms with E-state index in [9.17, 15) is 19.5 Å². The molecule has 3 heterocycles. The van der Waals surface area contributed by atoms with E-state index < -0.39 is 53.0 Å². The van der Waals surface area contributed by atoms with E-state index in [1.54, 1.807) is 45.0 Å². The Labute approximate surface area is 242 Å². The van der Waals surface area contributed by atoms with Gasteiger partial charge in [0.05, 0.1) is 30.3 Å². The second-order valence-electron chi connectivity index (χ2n) is 12.3. The number of alkyl halides is 2. The summed E-state index contributed by atoms with van der Waals surface area (Å²) in [5.74, 6) is -6.35. The van der Waals surface area contributed by atoms with E-state index in [1.807, 2.05) is 0 Å². The molecule has 0 unspecified atom stereocenters. The lowest BCUT2D eigenvalue weighted by atomic mass is 9.85. The van der Waals surface area contributed by atoms with Crippen LogP contribution in [0.25, 0.3) is 11.0 Å². The van der Waals surface area contributed by atoms with Crippen LogP contribution in [0.4, 0.5) is 8.78 Å². The normalized spacial score (nSPS) is 29.5. The van der Waals surface area contributed by atoms with Crippen molar-refractivity contribution in [3.63, 3.8) is 0 Å². The lowest BCUT2D eigenvalue weighted by molar-refractivity contribution is -0.150. The Morgan fingerprint density at radius 3 is 2.55 bits per heavy atom. The van der Waals surface area contributed by atoms with Gasteiger partial charge in [0.15, 0.2) is 5.69 Å². The maximum Gasteiger partial charge on any atom is 0.326 e. The summed E-state index contributed by atoms with van der Waals surface area (Å²) in [7, 11) is 0. The molecule has 2 fully saturated rings. The summed E-state index contributed by atoms with van der Waals surface area (Å²) in [5, 5.41) is 12.9. The van der Waals surface area contributed by atoms with Crippen LogP contribution >= 0.6 is 0 Å². The van der Waals surface area contributed by atoms with Gasteiger partial charge in [0.25, 0.3) is 0 Å². The van der Waals surface area contributed by atoms with Crippen molar-refractivity contribution in [3.05, 3.63) is 42.1 Å². The molecule has 226 valence electrons. The first-order chi connectivity index (χ1) is 19.8. The van der Waals surface area contributed by atoms with Gasteiger partial charge in [-0.2, -0.15) is 8.78 Å². The molecule has 5 atom stereocenters. The number of allylic oxidation sites excluding steroid dienone is 1. The van der Waals surface area contributed by atoms with Crippen LogP contribution in [-0.2, 0) is 25.0 Å². The highest BCUT2D eigenvalue weighted by molar-refractivity contribution is 5.91. The molecule has 12 heteroatoms. The SMILES string of the molecule is CC(C)(C)[C@@H]1NC(=O)C[C@@H]2CCC[C@H]2OC/C=C/C(F)(F)c2nc3ccccc3nc2O[C@@H]2C[C@@H](C(=O)O)N(C2)C1=O. The largest absolute Gasteiger partial charge is 0.480 e. The zero-order chi connectivity index (χ0) is 30.2. The Kier molecular flexibility index (Phi) is 8.19. The average Bonchev–Trinajstić information content (AvgIpc) is 3.55. The van der Waals surface area contributed by atoms with Crippen LogP contribution in [0.2, 0.25) is 0 Å². The molecule has 1 saturated carbocycles. The summed E-state index contributed by atoms with van der Waals surface area (Å²) in [6, 6.07) is 4.22. The van der Waals surface area contributed by atoms with Crippen LogP contribution in [0.3, 0.4) is 0 Å². The Balaban J connectivity index is 1.56. The van der Waals surface area contributed by atoms with Crippen LogP contribution in [-0.4, -0.2) is 75.2 Å². The first-order valence-electron chi connectivity index (χ1n) is 14.3. The number of ether oxygens (including phenoxy) is 2. The van der Waals surface area contributed by atoms with Crippen molar-refractivity contribution in [3.8, 4) is 5.88 Å². The van der Waals surface area contributed by atoms with Crippen molar-refractivity contribution in [1.82, 2.24) is 20.2 Å². The van der Waals surface area contributed by atoms with Gasteiger partial charge in [-0.1, -0.05) is 45.4 Å². The molecule has 1 aliphatic carbocycles. The molecule has 0 spiro atoms. The molecule has 10 nitrogen and oxygen atoms in total. The number of hydrogen-bond donors (Lipinski definition) is 2. The summed E-state index contributed by atoms with van der Waals surface area (Å²) in [6.45, 7) is 5.08. The average molecular weight is 587 g/mol. The summed E-state index contributed by atoms with van der Waals surface area (Å²) in [4.78, 5) is 48.9. The monoisotopic (exact) mass is 586 g/mol. The first-order valence-corrected chi connectivity index (χ1v) is 14.3. The van der Waals surface area contributed by atoms with Crippen molar-refractivity contribution < 1.29 is 37.7 Å². The number of benzene rings is 1. The second kappa shape index (κ2) is 11.5. The van der Waals surface area contributed by atoms with Gasteiger partial charge in [-0.3, -0.25) is 9.59 Å². The minimum atomic E-state index is -3.59. The van der Waals surface area contributed by atoms with Gasteiger partial charge < -0.3 is 24.8 Å². The van der Waals surface area contributed by atoms with Crippen molar-refractivity contribution >= 4 is 28.8 Å². The molecule has 0 radical (unpaired) electrons. The molecule has 1 aromatic carbocycles. The Bertz CT molecular complexity index is 1390. The van der Waals surface area contributed by atoms with E-state index in [-0.39, 0.29) is 49.4 Å². The number of carboxylic acid groups (broad SMARTS) is 1. The highest BCUT2D eigenvalue weighted by atomic mass is 19.3. The number of para-hydroxylation sites is 2. The number of rotatable bonds is 1. The molecule has 2 amide bonds. The Hall–Kier alpha value is -3.67. The molecule has 5 rings (SSSR count). The summed E-state index contributed by atoms with van der Waals surface area (Å²) >= 11 is 0. The number of carbonyl (C=O) groups excluding carboxylic acids is 2. The lowest BCUT2D eigenvalue weighted by Gasteiger charge is -2.35. The fourth-order valence-electron chi connectivity index (χ4n) is 5.98. The topological polar surface area (TPSA) is 131 Å². The predicted octanol–water partition coefficient (Wildman–Crippen LogP) is 3.83. The number of halogens is 2. The summed E-state index contributed by atoms with van der Waals surface area (Å²) < 4.78 is 43.1. The van der Waals surface area contributed by atoms with E-state index >= 15 is 8.78 Å². The maximum absolute atomic E-state index is 15.6. The zero-order valence-corrected chi connectivity index (χ0v) is 23.9. The van der Waals surface area contributed by atoms with Gasteiger partial charge in [0.1, 0.15) is 18.2 Å². The smallest absolute Gasteiger partial charge is 0.326 e.